The van der Waals surface area contributed by atoms with Crippen LogP contribution in [0.4, 0.5) is 23.7 Å². The molecular formula is C2H7F3O6. The van der Waals surface area contributed by atoms with Crippen molar-refractivity contribution in [3.63, 3.8) is 0 Å². The molecule has 0 unspecified atom stereocenters. The van der Waals surface area contributed by atoms with Gasteiger partial charge in [-0.25, -0.2) is 9.59 Å². The lowest BCUT2D eigenvalue weighted by atomic mass is 11.5. The minimum atomic E-state index is -1.83. The average Bonchev–Trinajstić information content (AvgIpc) is 1.25. The van der Waals surface area contributed by atoms with Crippen LogP contribution in [0.15, 0.2) is 0 Å². The zero-order valence-electron chi connectivity index (χ0n) is 4.83. The Morgan fingerprint density at radius 3 is 0.636 bits per heavy atom. The lowest BCUT2D eigenvalue weighted by Crippen LogP contribution is -1.81. The van der Waals surface area contributed by atoms with Crippen molar-refractivity contribution < 1.29 is 44.1 Å². The largest absolute Gasteiger partial charge is 0.503 e. The van der Waals surface area contributed by atoms with Gasteiger partial charge in [-0.05, 0) is 0 Å². The van der Waals surface area contributed by atoms with E-state index in [2.05, 4.69) is 0 Å². The number of rotatable bonds is 0. The number of hydrogen-bond acceptors (Lipinski definition) is 2. The second-order valence-electron chi connectivity index (χ2n) is 0.565. The summed E-state index contributed by atoms with van der Waals surface area (Å²) in [4.78, 5) is 17.1. The Balaban J connectivity index is -0.0000000171. The van der Waals surface area contributed by atoms with Crippen LogP contribution in [0.1, 0.15) is 0 Å². The molecule has 4 N–H and O–H groups in total. The monoisotopic (exact) mass is 184 g/mol. The summed E-state index contributed by atoms with van der Waals surface area (Å²) in [5, 5.41) is 27.9. The first-order chi connectivity index (χ1) is 3.46. The SMILES string of the molecule is F.F.F.O=C(O)O.O=C(O)O. The van der Waals surface area contributed by atoms with Crippen molar-refractivity contribution in [2.24, 2.45) is 0 Å². The van der Waals surface area contributed by atoms with Gasteiger partial charge in [0, 0.05) is 0 Å². The Labute approximate surface area is 57.8 Å². The van der Waals surface area contributed by atoms with Crippen LogP contribution in [0.25, 0.3) is 0 Å². The van der Waals surface area contributed by atoms with E-state index in [0.717, 1.165) is 0 Å². The van der Waals surface area contributed by atoms with Crippen molar-refractivity contribution in [3.8, 4) is 0 Å². The summed E-state index contributed by atoms with van der Waals surface area (Å²) < 4.78 is 0. The van der Waals surface area contributed by atoms with Gasteiger partial charge >= 0.3 is 12.3 Å². The summed E-state index contributed by atoms with van der Waals surface area (Å²) in [6.07, 6.45) is -3.67. The molecule has 0 aliphatic rings. The Hall–Kier alpha value is -1.67. The van der Waals surface area contributed by atoms with Crippen molar-refractivity contribution in [1.29, 1.82) is 0 Å². The van der Waals surface area contributed by atoms with E-state index in [0.29, 0.717) is 0 Å². The molecule has 0 aromatic rings. The van der Waals surface area contributed by atoms with Gasteiger partial charge in [0.2, 0.25) is 0 Å². The van der Waals surface area contributed by atoms with Crippen LogP contribution in [-0.4, -0.2) is 32.7 Å². The van der Waals surface area contributed by atoms with Crippen LogP contribution in [0.5, 0.6) is 0 Å². The third kappa shape index (κ3) is 120. The van der Waals surface area contributed by atoms with E-state index in [1.807, 2.05) is 0 Å². The first-order valence-corrected chi connectivity index (χ1v) is 1.30. The molecule has 0 spiro atoms. The third-order valence-electron chi connectivity index (χ3n) is 0. The van der Waals surface area contributed by atoms with Gasteiger partial charge in [0.1, 0.15) is 0 Å². The fourth-order valence-corrected chi connectivity index (χ4v) is 0. The highest BCUT2D eigenvalue weighted by atomic mass is 19.0. The molecule has 0 heterocycles. The maximum Gasteiger partial charge on any atom is 0.503 e. The summed E-state index contributed by atoms with van der Waals surface area (Å²) >= 11 is 0. The lowest BCUT2D eigenvalue weighted by Gasteiger charge is -1.60. The second kappa shape index (κ2) is 23.9. The van der Waals surface area contributed by atoms with E-state index in [9.17, 15) is 0 Å². The number of hydrogen-bond donors (Lipinski definition) is 4. The lowest BCUT2D eigenvalue weighted by molar-refractivity contribution is 0.135. The highest BCUT2D eigenvalue weighted by Crippen LogP contribution is 1.43. The molecular weight excluding hydrogens is 177 g/mol. The van der Waals surface area contributed by atoms with Gasteiger partial charge in [0.15, 0.2) is 0 Å². The van der Waals surface area contributed by atoms with Crippen molar-refractivity contribution in [2.75, 3.05) is 0 Å². The van der Waals surface area contributed by atoms with Gasteiger partial charge in [0.25, 0.3) is 0 Å². The average molecular weight is 184 g/mol. The van der Waals surface area contributed by atoms with E-state index >= 15 is 0 Å². The predicted molar refractivity (Wildman–Crippen MR) is 28.8 cm³/mol. The molecule has 72 valence electrons. The normalized spacial score (nSPS) is 4.36. The van der Waals surface area contributed by atoms with E-state index in [1.54, 1.807) is 0 Å². The molecule has 11 heavy (non-hydrogen) atoms. The number of carboxylic acid groups (broad SMARTS) is 4. The molecule has 0 aromatic carbocycles. The molecule has 0 rings (SSSR count). The van der Waals surface area contributed by atoms with Gasteiger partial charge < -0.3 is 20.4 Å². The number of halogens is 3. The summed E-state index contributed by atoms with van der Waals surface area (Å²) in [6.45, 7) is 0. The molecule has 9 heteroatoms. The molecule has 0 amide bonds. The predicted octanol–water partition coefficient (Wildman–Crippen LogP) is 0.902. The molecule has 0 radical (unpaired) electrons. The summed E-state index contributed by atoms with van der Waals surface area (Å²) in [5.41, 5.74) is 0. The van der Waals surface area contributed by atoms with E-state index < -0.39 is 12.3 Å². The summed E-state index contributed by atoms with van der Waals surface area (Å²) in [7, 11) is 0. The van der Waals surface area contributed by atoms with Gasteiger partial charge in [-0.1, -0.05) is 0 Å². The molecule has 6 nitrogen and oxygen atoms in total. The smallest absolute Gasteiger partial charge is 0.450 e. The zero-order valence-corrected chi connectivity index (χ0v) is 4.83. The molecule has 0 saturated heterocycles. The Morgan fingerprint density at radius 1 is 0.636 bits per heavy atom. The van der Waals surface area contributed by atoms with Gasteiger partial charge in [-0.2, -0.15) is 0 Å². The van der Waals surface area contributed by atoms with Gasteiger partial charge in [-0.15, -0.1) is 0 Å². The van der Waals surface area contributed by atoms with Crippen LogP contribution in [0.3, 0.4) is 0 Å². The zero-order chi connectivity index (χ0) is 7.15. The van der Waals surface area contributed by atoms with Gasteiger partial charge in [-0.3, -0.25) is 14.1 Å². The third-order valence-corrected chi connectivity index (χ3v) is 0. The Morgan fingerprint density at radius 2 is 0.636 bits per heavy atom. The maximum absolute atomic E-state index is 8.56. The number of carbonyl (C=O) groups is 2. The first kappa shape index (κ1) is 34.5. The second-order valence-corrected chi connectivity index (χ2v) is 0.565. The van der Waals surface area contributed by atoms with E-state index in [-0.39, 0.29) is 14.1 Å². The fourth-order valence-electron chi connectivity index (χ4n) is 0. The van der Waals surface area contributed by atoms with Crippen LogP contribution in [0, 0.1) is 0 Å². The van der Waals surface area contributed by atoms with Crippen molar-refractivity contribution in [1.82, 2.24) is 0 Å². The highest BCUT2D eigenvalue weighted by Gasteiger charge is 1.70. The van der Waals surface area contributed by atoms with Crippen molar-refractivity contribution in [2.45, 2.75) is 0 Å². The quantitative estimate of drug-likeness (QED) is 0.444. The minimum absolute atomic E-state index is 0. The standard InChI is InChI=1S/2CH2O3.3FH/c2*2-1(3)4;;;/h2*(H2,2,3,4);3*1H. The fraction of sp³-hybridized carbons (Fsp3) is 0. The van der Waals surface area contributed by atoms with E-state index in [4.69, 9.17) is 30.0 Å². The molecule has 0 atom stereocenters. The van der Waals surface area contributed by atoms with Gasteiger partial charge in [0.05, 0.1) is 0 Å². The first-order valence-electron chi connectivity index (χ1n) is 1.30. The maximum atomic E-state index is 8.56. The summed E-state index contributed by atoms with van der Waals surface area (Å²) in [6, 6.07) is 0. The Kier molecular flexibility index (Phi) is 74.9. The van der Waals surface area contributed by atoms with Crippen LogP contribution < -0.4 is 0 Å². The van der Waals surface area contributed by atoms with Crippen LogP contribution in [-0.2, 0) is 0 Å². The van der Waals surface area contributed by atoms with Crippen LogP contribution in [0.2, 0.25) is 0 Å². The Bertz CT molecular complexity index is 73.8. The highest BCUT2D eigenvalue weighted by molar-refractivity contribution is 5.53. The molecule has 0 aliphatic carbocycles. The molecule has 0 aliphatic heterocycles. The molecule has 0 fully saturated rings. The van der Waals surface area contributed by atoms with E-state index in [1.165, 1.54) is 0 Å². The topological polar surface area (TPSA) is 115 Å². The summed E-state index contributed by atoms with van der Waals surface area (Å²) in [5.74, 6) is 0. The molecule has 0 saturated carbocycles. The van der Waals surface area contributed by atoms with Crippen molar-refractivity contribution >= 4 is 12.3 Å². The molecule has 0 bridgehead atoms. The minimum Gasteiger partial charge on any atom is -0.450 e. The van der Waals surface area contributed by atoms with Crippen molar-refractivity contribution in [3.05, 3.63) is 0 Å². The molecule has 0 aromatic heterocycles. The van der Waals surface area contributed by atoms with Crippen LogP contribution >= 0.6 is 0 Å².